The van der Waals surface area contributed by atoms with Crippen LogP contribution in [0.1, 0.15) is 71.9 Å². The van der Waals surface area contributed by atoms with E-state index in [1.54, 1.807) is 0 Å². The Bertz CT molecular complexity index is 1140. The lowest BCUT2D eigenvalue weighted by molar-refractivity contribution is -0.138. The first-order valence-electron chi connectivity index (χ1n) is 11.6. The second kappa shape index (κ2) is 9.86. The molecule has 0 heterocycles. The average Bonchev–Trinajstić information content (AvgIpc) is 2.67. The largest absolute Gasteiger partial charge is 0.416 e. The first-order valence-corrected chi connectivity index (χ1v) is 12.4. The molecule has 2 aromatic rings. The zero-order valence-electron chi connectivity index (χ0n) is 19.4. The Kier molecular flexibility index (Phi) is 7.21. The van der Waals surface area contributed by atoms with Gasteiger partial charge in [0.15, 0.2) is 0 Å². The Balaban J connectivity index is 1.81. The van der Waals surface area contributed by atoms with Gasteiger partial charge in [-0.15, -0.1) is 0 Å². The van der Waals surface area contributed by atoms with Crippen molar-refractivity contribution in [2.75, 3.05) is 0 Å². The SMILES string of the molecule is Cc1c(C(F)(F)F)ccc(Sc2ccc(C(F)(F)F)c(C)c2C#CC2CCC2)c1C#CC1CCC1. The third kappa shape index (κ3) is 5.67. The lowest BCUT2D eigenvalue weighted by atomic mass is 9.86. The van der Waals surface area contributed by atoms with Gasteiger partial charge in [-0.1, -0.05) is 48.3 Å². The molecule has 0 unspecified atom stereocenters. The van der Waals surface area contributed by atoms with Crippen LogP contribution in [0.15, 0.2) is 34.1 Å². The molecule has 0 amide bonds. The van der Waals surface area contributed by atoms with Gasteiger partial charge in [0.05, 0.1) is 11.1 Å². The molecule has 0 aliphatic heterocycles. The standard InChI is InChI=1S/C28H24F6S/c1-17-21(11-9-19-5-3-6-19)25(15-13-23(17)27(29,30)31)35-26-16-14-24(28(32,33)34)18(2)22(26)12-10-20-7-4-8-20/h13-16,19-20H,3-8H2,1-2H3. The third-order valence-electron chi connectivity index (χ3n) is 6.70. The van der Waals surface area contributed by atoms with Crippen LogP contribution in [0, 0.1) is 49.4 Å². The average molecular weight is 507 g/mol. The topological polar surface area (TPSA) is 0 Å². The molecule has 184 valence electrons. The van der Waals surface area contributed by atoms with E-state index in [9.17, 15) is 26.3 Å². The van der Waals surface area contributed by atoms with E-state index in [1.165, 1.54) is 26.0 Å². The highest BCUT2D eigenvalue weighted by Crippen LogP contribution is 2.42. The summed E-state index contributed by atoms with van der Waals surface area (Å²) in [6.07, 6.45) is -3.25. The number of rotatable bonds is 2. The molecule has 35 heavy (non-hydrogen) atoms. The summed E-state index contributed by atoms with van der Waals surface area (Å²) in [5.74, 6) is 12.4. The van der Waals surface area contributed by atoms with Crippen molar-refractivity contribution >= 4 is 11.8 Å². The summed E-state index contributed by atoms with van der Waals surface area (Å²) in [4.78, 5) is 0.960. The van der Waals surface area contributed by atoms with E-state index in [4.69, 9.17) is 0 Å². The van der Waals surface area contributed by atoms with Crippen LogP contribution in [0.3, 0.4) is 0 Å². The van der Waals surface area contributed by atoms with Gasteiger partial charge in [0.2, 0.25) is 0 Å². The van der Waals surface area contributed by atoms with Gasteiger partial charge in [-0.05, 0) is 74.9 Å². The molecule has 0 N–H and O–H groups in total. The van der Waals surface area contributed by atoms with Gasteiger partial charge in [0.25, 0.3) is 0 Å². The van der Waals surface area contributed by atoms with Crippen LogP contribution in [-0.4, -0.2) is 0 Å². The Morgan fingerprint density at radius 2 is 1.03 bits per heavy atom. The highest BCUT2D eigenvalue weighted by atomic mass is 32.2. The number of hydrogen-bond acceptors (Lipinski definition) is 1. The molecule has 2 aliphatic rings. The minimum Gasteiger partial charge on any atom is -0.166 e. The summed E-state index contributed by atoms with van der Waals surface area (Å²) in [7, 11) is 0. The Labute approximate surface area is 205 Å². The van der Waals surface area contributed by atoms with Crippen molar-refractivity contribution < 1.29 is 26.3 Å². The van der Waals surface area contributed by atoms with E-state index in [2.05, 4.69) is 23.7 Å². The summed E-state index contributed by atoms with van der Waals surface area (Å²) in [5, 5.41) is 0. The Hall–Kier alpha value is -2.51. The van der Waals surface area contributed by atoms with Gasteiger partial charge in [0, 0.05) is 32.8 Å². The molecule has 2 aliphatic carbocycles. The van der Waals surface area contributed by atoms with E-state index in [-0.39, 0.29) is 34.1 Å². The van der Waals surface area contributed by atoms with E-state index in [0.717, 1.165) is 62.4 Å². The number of halogens is 6. The van der Waals surface area contributed by atoms with E-state index in [0.29, 0.717) is 9.79 Å². The third-order valence-corrected chi connectivity index (χ3v) is 7.82. The fourth-order valence-electron chi connectivity index (χ4n) is 4.04. The van der Waals surface area contributed by atoms with E-state index in [1.807, 2.05) is 0 Å². The molecular formula is C28H24F6S. The molecule has 0 bridgehead atoms. The molecule has 2 aromatic carbocycles. The molecule has 0 radical (unpaired) electrons. The Morgan fingerprint density at radius 3 is 1.31 bits per heavy atom. The molecule has 2 saturated carbocycles. The highest BCUT2D eigenvalue weighted by molar-refractivity contribution is 7.99. The summed E-state index contributed by atoms with van der Waals surface area (Å²) in [6.45, 7) is 2.79. The van der Waals surface area contributed by atoms with Crippen LogP contribution >= 0.6 is 11.8 Å². The number of alkyl halides is 6. The van der Waals surface area contributed by atoms with Crippen molar-refractivity contribution in [2.45, 2.75) is 74.5 Å². The fourth-order valence-corrected chi connectivity index (χ4v) is 5.16. The van der Waals surface area contributed by atoms with Crippen LogP contribution < -0.4 is 0 Å². The number of hydrogen-bond donors (Lipinski definition) is 0. The number of benzene rings is 2. The molecule has 0 nitrogen and oxygen atoms in total. The summed E-state index contributed by atoms with van der Waals surface area (Å²) in [5.41, 5.74) is -0.916. The zero-order valence-corrected chi connectivity index (χ0v) is 20.2. The van der Waals surface area contributed by atoms with E-state index < -0.39 is 23.5 Å². The van der Waals surface area contributed by atoms with E-state index >= 15 is 0 Å². The smallest absolute Gasteiger partial charge is 0.166 e. The predicted octanol–water partition coefficient (Wildman–Crippen LogP) is 8.80. The van der Waals surface area contributed by atoms with Crippen molar-refractivity contribution in [2.24, 2.45) is 11.8 Å². The highest BCUT2D eigenvalue weighted by Gasteiger charge is 2.35. The maximum Gasteiger partial charge on any atom is 0.416 e. The second-order valence-corrected chi connectivity index (χ2v) is 10.2. The molecule has 0 saturated heterocycles. The maximum atomic E-state index is 13.6. The van der Waals surface area contributed by atoms with Crippen LogP contribution in [0.25, 0.3) is 0 Å². The molecule has 0 atom stereocenters. The van der Waals surface area contributed by atoms with Crippen molar-refractivity contribution in [3.63, 3.8) is 0 Å². The van der Waals surface area contributed by atoms with Gasteiger partial charge >= 0.3 is 12.4 Å². The predicted molar refractivity (Wildman–Crippen MR) is 125 cm³/mol. The van der Waals surface area contributed by atoms with Crippen LogP contribution in [0.4, 0.5) is 26.3 Å². The van der Waals surface area contributed by atoms with Gasteiger partial charge in [-0.2, -0.15) is 26.3 Å². The quantitative estimate of drug-likeness (QED) is 0.290. The monoisotopic (exact) mass is 506 g/mol. The first kappa shape index (κ1) is 25.6. The van der Waals surface area contributed by atoms with Gasteiger partial charge < -0.3 is 0 Å². The normalized spacial score (nSPS) is 16.5. The van der Waals surface area contributed by atoms with Gasteiger partial charge in [-0.25, -0.2) is 0 Å². The molecular weight excluding hydrogens is 482 g/mol. The van der Waals surface area contributed by atoms with Crippen molar-refractivity contribution in [1.82, 2.24) is 0 Å². The van der Waals surface area contributed by atoms with Crippen molar-refractivity contribution in [3.8, 4) is 23.7 Å². The minimum atomic E-state index is -4.52. The minimum absolute atomic E-state index is 0.0278. The van der Waals surface area contributed by atoms with Gasteiger partial charge in [0.1, 0.15) is 0 Å². The Morgan fingerprint density at radius 1 is 0.657 bits per heavy atom. The van der Waals surface area contributed by atoms with Crippen LogP contribution in [0.2, 0.25) is 0 Å². The fraction of sp³-hybridized carbons (Fsp3) is 0.429. The molecule has 0 aromatic heterocycles. The van der Waals surface area contributed by atoms with Gasteiger partial charge in [-0.3, -0.25) is 0 Å². The van der Waals surface area contributed by atoms with Crippen molar-refractivity contribution in [3.05, 3.63) is 57.6 Å². The van der Waals surface area contributed by atoms with Crippen molar-refractivity contribution in [1.29, 1.82) is 0 Å². The van der Waals surface area contributed by atoms with Crippen LogP contribution in [-0.2, 0) is 12.4 Å². The summed E-state index contributed by atoms with van der Waals surface area (Å²) >= 11 is 1.12. The molecule has 7 heteroatoms. The first-order chi connectivity index (χ1) is 16.4. The molecule has 4 rings (SSSR count). The molecule has 0 spiro atoms. The molecule has 2 fully saturated rings. The summed E-state index contributed by atoms with van der Waals surface area (Å²) < 4.78 is 81.4. The zero-order chi connectivity index (χ0) is 25.4. The lowest BCUT2D eigenvalue weighted by Crippen LogP contribution is -2.11. The second-order valence-electron chi connectivity index (χ2n) is 9.11. The lowest BCUT2D eigenvalue weighted by Gasteiger charge is -2.20. The van der Waals surface area contributed by atoms with Crippen LogP contribution in [0.5, 0.6) is 0 Å². The summed E-state index contributed by atoms with van der Waals surface area (Å²) in [6, 6.07) is 4.76. The maximum absolute atomic E-state index is 13.6.